The lowest BCUT2D eigenvalue weighted by molar-refractivity contribution is -0.137. The van der Waals surface area contributed by atoms with E-state index < -0.39 is 17.3 Å². The lowest BCUT2D eigenvalue weighted by Gasteiger charge is -2.08. The summed E-state index contributed by atoms with van der Waals surface area (Å²) in [7, 11) is 0. The van der Waals surface area contributed by atoms with Crippen LogP contribution < -0.4 is 0 Å². The third kappa shape index (κ3) is 4.69. The van der Waals surface area contributed by atoms with Crippen molar-refractivity contribution in [3.8, 4) is 17.9 Å². The largest absolute Gasteiger partial charge is 0.417 e. The standard InChI is InChI=1S/C13H8F3NOS/c1-9(18)19-6-2-3-10-4-5-11(8-17)12(7-10)13(14,15)16/h4-5,7H,6H2,1H3. The van der Waals surface area contributed by atoms with Crippen molar-refractivity contribution in [2.24, 2.45) is 0 Å². The summed E-state index contributed by atoms with van der Waals surface area (Å²) in [5, 5.41) is 8.51. The monoisotopic (exact) mass is 283 g/mol. The van der Waals surface area contributed by atoms with Crippen LogP contribution in [-0.2, 0) is 11.0 Å². The Morgan fingerprint density at radius 3 is 2.63 bits per heavy atom. The van der Waals surface area contributed by atoms with E-state index in [0.29, 0.717) is 0 Å². The first-order chi connectivity index (χ1) is 8.84. The smallest absolute Gasteiger partial charge is 0.288 e. The van der Waals surface area contributed by atoms with E-state index in [1.54, 1.807) is 0 Å². The molecule has 0 atom stereocenters. The second-order valence-corrected chi connectivity index (χ2v) is 4.60. The zero-order chi connectivity index (χ0) is 14.5. The van der Waals surface area contributed by atoms with Gasteiger partial charge in [-0.1, -0.05) is 23.6 Å². The Kier molecular flexibility index (Phi) is 5.02. The molecule has 19 heavy (non-hydrogen) atoms. The van der Waals surface area contributed by atoms with Crippen LogP contribution in [0.2, 0.25) is 0 Å². The number of rotatable bonds is 1. The number of carbonyl (C=O) groups is 1. The van der Waals surface area contributed by atoms with E-state index in [9.17, 15) is 18.0 Å². The molecular weight excluding hydrogens is 275 g/mol. The van der Waals surface area contributed by atoms with Crippen LogP contribution in [0.1, 0.15) is 23.6 Å². The molecule has 2 nitrogen and oxygen atoms in total. The van der Waals surface area contributed by atoms with E-state index in [-0.39, 0.29) is 16.4 Å². The van der Waals surface area contributed by atoms with E-state index in [1.165, 1.54) is 19.1 Å². The van der Waals surface area contributed by atoms with Crippen LogP contribution in [0.4, 0.5) is 13.2 Å². The number of hydrogen-bond donors (Lipinski definition) is 0. The summed E-state index contributed by atoms with van der Waals surface area (Å²) in [5.74, 6) is 5.34. The minimum atomic E-state index is -4.59. The van der Waals surface area contributed by atoms with Crippen LogP contribution in [0.25, 0.3) is 0 Å². The van der Waals surface area contributed by atoms with E-state index in [1.807, 2.05) is 0 Å². The lowest BCUT2D eigenvalue weighted by atomic mass is 10.0. The molecule has 0 aliphatic heterocycles. The molecule has 0 bridgehead atoms. The van der Waals surface area contributed by atoms with Gasteiger partial charge in [-0.3, -0.25) is 4.79 Å². The topological polar surface area (TPSA) is 40.9 Å². The fourth-order valence-corrected chi connectivity index (χ4v) is 1.58. The second kappa shape index (κ2) is 6.31. The zero-order valence-electron chi connectivity index (χ0n) is 9.84. The normalized spacial score (nSPS) is 10.3. The molecule has 0 amide bonds. The van der Waals surface area contributed by atoms with Crippen LogP contribution >= 0.6 is 11.8 Å². The van der Waals surface area contributed by atoms with E-state index in [0.717, 1.165) is 23.9 Å². The van der Waals surface area contributed by atoms with Crippen molar-refractivity contribution in [1.29, 1.82) is 5.26 Å². The second-order valence-electron chi connectivity index (χ2n) is 3.45. The molecule has 0 saturated carbocycles. The van der Waals surface area contributed by atoms with E-state index in [4.69, 9.17) is 5.26 Å². The molecule has 1 aromatic carbocycles. The van der Waals surface area contributed by atoms with E-state index >= 15 is 0 Å². The number of hydrogen-bond acceptors (Lipinski definition) is 3. The van der Waals surface area contributed by atoms with Crippen molar-refractivity contribution in [3.05, 3.63) is 34.9 Å². The Morgan fingerprint density at radius 2 is 2.11 bits per heavy atom. The Hall–Kier alpha value is -1.92. The first-order valence-electron chi connectivity index (χ1n) is 5.08. The molecule has 0 unspecified atom stereocenters. The number of carbonyl (C=O) groups excluding carboxylic acids is 1. The predicted molar refractivity (Wildman–Crippen MR) is 66.2 cm³/mol. The van der Waals surface area contributed by atoms with Crippen molar-refractivity contribution in [2.45, 2.75) is 13.1 Å². The number of halogens is 3. The summed E-state index contributed by atoms with van der Waals surface area (Å²) < 4.78 is 38.0. The van der Waals surface area contributed by atoms with Gasteiger partial charge in [-0.05, 0) is 18.2 Å². The third-order valence-corrected chi connectivity index (χ3v) is 2.72. The Balaban J connectivity index is 3.00. The highest BCUT2D eigenvalue weighted by Crippen LogP contribution is 2.32. The Bertz CT molecular complexity index is 591. The predicted octanol–water partition coefficient (Wildman–Crippen LogP) is 3.21. The van der Waals surface area contributed by atoms with Crippen LogP contribution in [0.15, 0.2) is 18.2 Å². The average Bonchev–Trinajstić information content (AvgIpc) is 2.33. The van der Waals surface area contributed by atoms with Crippen LogP contribution in [-0.4, -0.2) is 10.9 Å². The van der Waals surface area contributed by atoms with Gasteiger partial charge >= 0.3 is 6.18 Å². The zero-order valence-corrected chi connectivity index (χ0v) is 10.7. The molecule has 0 N–H and O–H groups in total. The van der Waals surface area contributed by atoms with Gasteiger partial charge in [0.15, 0.2) is 5.12 Å². The summed E-state index contributed by atoms with van der Waals surface area (Å²) in [6.07, 6.45) is -4.59. The van der Waals surface area contributed by atoms with Crippen molar-refractivity contribution >= 4 is 16.9 Å². The SMILES string of the molecule is CC(=O)SCC#Cc1ccc(C#N)c(C(F)(F)F)c1. The third-order valence-electron chi connectivity index (χ3n) is 2.03. The van der Waals surface area contributed by atoms with Crippen molar-refractivity contribution in [1.82, 2.24) is 0 Å². The first kappa shape index (κ1) is 15.1. The fourth-order valence-electron chi connectivity index (χ4n) is 1.23. The quantitative estimate of drug-likeness (QED) is 0.743. The number of alkyl halides is 3. The van der Waals surface area contributed by atoms with Gasteiger partial charge in [-0.25, -0.2) is 0 Å². The highest BCUT2D eigenvalue weighted by Gasteiger charge is 2.33. The van der Waals surface area contributed by atoms with Gasteiger partial charge in [-0.15, -0.1) is 0 Å². The number of thioether (sulfide) groups is 1. The Labute approximate surface area is 112 Å². The summed E-state index contributed by atoms with van der Waals surface area (Å²) in [6.45, 7) is 1.38. The number of nitrogens with zero attached hydrogens (tertiary/aromatic N) is 1. The average molecular weight is 283 g/mol. The van der Waals surface area contributed by atoms with Crippen LogP contribution in [0.3, 0.4) is 0 Å². The minimum Gasteiger partial charge on any atom is -0.288 e. The lowest BCUT2D eigenvalue weighted by Crippen LogP contribution is -2.08. The molecule has 0 aromatic heterocycles. The van der Waals surface area contributed by atoms with Gasteiger partial charge in [0, 0.05) is 12.5 Å². The Morgan fingerprint density at radius 1 is 1.42 bits per heavy atom. The molecule has 1 aromatic rings. The molecule has 0 aliphatic carbocycles. The summed E-state index contributed by atoms with van der Waals surface area (Å²) >= 11 is 0.981. The van der Waals surface area contributed by atoms with Gasteiger partial charge in [0.25, 0.3) is 0 Å². The molecule has 0 aliphatic rings. The number of nitriles is 1. The molecular formula is C13H8F3NOS. The summed E-state index contributed by atoms with van der Waals surface area (Å²) in [5.41, 5.74) is -1.27. The van der Waals surface area contributed by atoms with Gasteiger partial charge in [0.1, 0.15) is 0 Å². The number of benzene rings is 1. The van der Waals surface area contributed by atoms with Gasteiger partial charge in [0.2, 0.25) is 0 Å². The minimum absolute atomic E-state index is 0.106. The van der Waals surface area contributed by atoms with Gasteiger partial charge in [0.05, 0.1) is 22.9 Å². The maximum absolute atomic E-state index is 12.7. The fraction of sp³-hybridized carbons (Fsp3) is 0.231. The van der Waals surface area contributed by atoms with Crippen LogP contribution in [0, 0.1) is 23.2 Å². The van der Waals surface area contributed by atoms with Crippen molar-refractivity contribution < 1.29 is 18.0 Å². The molecule has 0 heterocycles. The van der Waals surface area contributed by atoms with Gasteiger partial charge < -0.3 is 0 Å². The summed E-state index contributed by atoms with van der Waals surface area (Å²) in [4.78, 5) is 10.6. The molecule has 6 heteroatoms. The molecule has 98 valence electrons. The highest BCUT2D eigenvalue weighted by molar-refractivity contribution is 8.13. The molecule has 0 spiro atoms. The maximum atomic E-state index is 12.7. The first-order valence-corrected chi connectivity index (χ1v) is 6.06. The maximum Gasteiger partial charge on any atom is 0.417 e. The molecule has 0 radical (unpaired) electrons. The summed E-state index contributed by atoms with van der Waals surface area (Å²) in [6, 6.07) is 4.77. The van der Waals surface area contributed by atoms with Crippen LogP contribution in [0.5, 0.6) is 0 Å². The molecule has 1 rings (SSSR count). The molecule has 0 saturated heterocycles. The van der Waals surface area contributed by atoms with Gasteiger partial charge in [-0.2, -0.15) is 18.4 Å². The highest BCUT2D eigenvalue weighted by atomic mass is 32.2. The van der Waals surface area contributed by atoms with Crippen molar-refractivity contribution in [3.63, 3.8) is 0 Å². The molecule has 0 fully saturated rings. The van der Waals surface area contributed by atoms with E-state index in [2.05, 4.69) is 11.8 Å². The van der Waals surface area contributed by atoms with Crippen molar-refractivity contribution in [2.75, 3.05) is 5.75 Å².